The van der Waals surface area contributed by atoms with Gasteiger partial charge in [-0.25, -0.2) is 0 Å². The third kappa shape index (κ3) is 14.9. The molecule has 0 heterocycles. The van der Waals surface area contributed by atoms with Gasteiger partial charge in [-0.15, -0.1) is 0 Å². The zero-order valence-electron chi connectivity index (χ0n) is 51.5. The van der Waals surface area contributed by atoms with Crippen LogP contribution in [0.25, 0.3) is 22.3 Å². The van der Waals surface area contributed by atoms with Crippen molar-refractivity contribution in [3.05, 3.63) is 228 Å². The van der Waals surface area contributed by atoms with E-state index < -0.39 is 0 Å². The number of unbranched alkanes of at least 4 members (excludes halogenated alkanes) is 10. The number of rotatable bonds is 26. The Morgan fingerprint density at radius 1 is 0.286 bits per heavy atom. The maximum atomic E-state index is 2.49. The van der Waals surface area contributed by atoms with E-state index in [4.69, 9.17) is 0 Å². The molecule has 0 saturated heterocycles. The van der Waals surface area contributed by atoms with E-state index in [9.17, 15) is 0 Å². The highest BCUT2D eigenvalue weighted by molar-refractivity contribution is 5.80. The van der Waals surface area contributed by atoms with Crippen LogP contribution in [0.1, 0.15) is 232 Å². The van der Waals surface area contributed by atoms with Crippen molar-refractivity contribution in [1.29, 1.82) is 0 Å². The molecule has 11 rings (SSSR count). The minimum Gasteiger partial charge on any atom is -0.311 e. The molecular weight excluding hydrogens is 1010 g/mol. The molecule has 0 radical (unpaired) electrons. The molecule has 0 amide bonds. The number of aryl methyl sites for hydroxylation is 2. The van der Waals surface area contributed by atoms with Gasteiger partial charge in [0.1, 0.15) is 0 Å². The number of benzene rings is 8. The molecule has 0 spiro atoms. The predicted molar refractivity (Wildman–Crippen MR) is 363 cm³/mol. The zero-order chi connectivity index (χ0) is 57.2. The van der Waals surface area contributed by atoms with E-state index in [-0.39, 0.29) is 5.41 Å². The Kier molecular flexibility index (Phi) is 21.1. The van der Waals surface area contributed by atoms with Crippen molar-refractivity contribution in [3.8, 4) is 22.3 Å². The fourth-order valence-electron chi connectivity index (χ4n) is 14.9. The van der Waals surface area contributed by atoms with Crippen LogP contribution in [0.4, 0.5) is 34.1 Å². The van der Waals surface area contributed by atoms with Crippen LogP contribution in [0.3, 0.4) is 0 Å². The van der Waals surface area contributed by atoms with Crippen LogP contribution in [0, 0.1) is 0 Å². The molecule has 0 unspecified atom stereocenters. The van der Waals surface area contributed by atoms with E-state index in [1.165, 1.54) is 263 Å². The van der Waals surface area contributed by atoms with Gasteiger partial charge in [0, 0.05) is 39.5 Å². The van der Waals surface area contributed by atoms with Gasteiger partial charge < -0.3 is 9.80 Å². The standard InChI is InChI=1S/C82H98N2/c1-3-5-7-9-11-16-24-64-30-34-68(35-31-64)72-42-54-78(55-43-72)83(76-50-38-70(39-51-76)66-26-18-13-19-27-66)80-58-46-74(47-59-80)82(62-22-15-23-63-82)75-48-60-81(61-49-75)84(77-52-40-71(41-53-77)67-28-20-14-21-29-67)79-56-44-73(45-57-79)69-36-32-65(33-37-69)25-17-12-10-8-6-4-2/h30-61,66-67H,3-29,62-63H2,1-2H3. The van der Waals surface area contributed by atoms with Gasteiger partial charge in [0.15, 0.2) is 0 Å². The summed E-state index contributed by atoms with van der Waals surface area (Å²) in [5.74, 6) is 1.36. The van der Waals surface area contributed by atoms with Crippen molar-refractivity contribution in [3.63, 3.8) is 0 Å². The van der Waals surface area contributed by atoms with E-state index in [2.05, 4.69) is 218 Å². The molecule has 436 valence electrons. The lowest BCUT2D eigenvalue weighted by molar-refractivity contribution is 0.346. The minimum absolute atomic E-state index is 0.0497. The van der Waals surface area contributed by atoms with Crippen molar-refractivity contribution >= 4 is 34.1 Å². The van der Waals surface area contributed by atoms with Crippen molar-refractivity contribution in [1.82, 2.24) is 0 Å². The second-order valence-electron chi connectivity index (χ2n) is 25.8. The van der Waals surface area contributed by atoms with Crippen molar-refractivity contribution in [2.45, 2.75) is 217 Å². The van der Waals surface area contributed by atoms with E-state index in [0.29, 0.717) is 11.8 Å². The molecule has 2 nitrogen and oxygen atoms in total. The summed E-state index contributed by atoms with van der Waals surface area (Å²) in [6.45, 7) is 4.59. The Morgan fingerprint density at radius 2 is 0.560 bits per heavy atom. The first-order valence-electron chi connectivity index (χ1n) is 34.0. The van der Waals surface area contributed by atoms with Crippen LogP contribution < -0.4 is 9.80 Å². The summed E-state index contributed by atoms with van der Waals surface area (Å²) in [5, 5.41) is 0. The van der Waals surface area contributed by atoms with Gasteiger partial charge in [0.05, 0.1) is 0 Å². The molecule has 3 fully saturated rings. The molecule has 3 aliphatic carbocycles. The van der Waals surface area contributed by atoms with Crippen molar-refractivity contribution in [2.24, 2.45) is 0 Å². The molecule has 0 atom stereocenters. The summed E-state index contributed by atoms with van der Waals surface area (Å²) in [6, 6.07) is 76.2. The molecule has 3 aliphatic rings. The fraction of sp³-hybridized carbons (Fsp3) is 0.415. The van der Waals surface area contributed by atoms with E-state index in [0.717, 1.165) is 12.8 Å². The minimum atomic E-state index is -0.0497. The summed E-state index contributed by atoms with van der Waals surface area (Å²) in [5.41, 5.74) is 21.0. The number of anilines is 6. The first-order valence-corrected chi connectivity index (χ1v) is 34.0. The molecule has 2 heteroatoms. The first-order chi connectivity index (χ1) is 41.5. The monoisotopic (exact) mass is 1110 g/mol. The van der Waals surface area contributed by atoms with Crippen LogP contribution in [0.15, 0.2) is 194 Å². The molecule has 0 N–H and O–H groups in total. The van der Waals surface area contributed by atoms with Crippen molar-refractivity contribution < 1.29 is 0 Å². The van der Waals surface area contributed by atoms with Gasteiger partial charge in [0.2, 0.25) is 0 Å². The Labute approximate surface area is 508 Å². The summed E-state index contributed by atoms with van der Waals surface area (Å²) in [7, 11) is 0. The number of nitrogens with zero attached hydrogens (tertiary/aromatic N) is 2. The molecule has 8 aromatic carbocycles. The highest BCUT2D eigenvalue weighted by Crippen LogP contribution is 2.48. The lowest BCUT2D eigenvalue weighted by atomic mass is 9.65. The van der Waals surface area contributed by atoms with Crippen LogP contribution >= 0.6 is 0 Å². The third-order valence-electron chi connectivity index (χ3n) is 20.0. The van der Waals surface area contributed by atoms with Gasteiger partial charge in [0.25, 0.3) is 0 Å². The molecule has 0 bridgehead atoms. The molecule has 0 aromatic heterocycles. The maximum Gasteiger partial charge on any atom is 0.0462 e. The highest BCUT2D eigenvalue weighted by Gasteiger charge is 2.36. The van der Waals surface area contributed by atoms with Crippen LogP contribution in [0.5, 0.6) is 0 Å². The summed E-state index contributed by atoms with van der Waals surface area (Å²) >= 11 is 0. The number of hydrogen-bond donors (Lipinski definition) is 0. The van der Waals surface area contributed by atoms with Gasteiger partial charge in [-0.3, -0.25) is 0 Å². The normalized spacial score (nSPS) is 15.7. The average molecular weight is 1110 g/mol. The van der Waals surface area contributed by atoms with E-state index in [1.54, 1.807) is 0 Å². The van der Waals surface area contributed by atoms with Crippen LogP contribution in [-0.2, 0) is 18.3 Å². The molecule has 3 saturated carbocycles. The molecular formula is C82H98N2. The smallest absolute Gasteiger partial charge is 0.0462 e. The van der Waals surface area contributed by atoms with Gasteiger partial charge in [-0.2, -0.15) is 0 Å². The first kappa shape index (κ1) is 59.1. The Hall–Kier alpha value is -6.64. The predicted octanol–water partition coefficient (Wildman–Crippen LogP) is 25.1. The lowest BCUT2D eigenvalue weighted by Gasteiger charge is -2.39. The van der Waals surface area contributed by atoms with Crippen molar-refractivity contribution in [2.75, 3.05) is 9.80 Å². The Bertz CT molecular complexity index is 2950. The van der Waals surface area contributed by atoms with Crippen LogP contribution in [0.2, 0.25) is 0 Å². The second-order valence-corrected chi connectivity index (χ2v) is 25.8. The summed E-state index contributed by atoms with van der Waals surface area (Å²) < 4.78 is 0. The van der Waals surface area contributed by atoms with E-state index in [1.807, 2.05) is 0 Å². The Morgan fingerprint density at radius 3 is 0.893 bits per heavy atom. The summed E-state index contributed by atoms with van der Waals surface area (Å²) in [6.07, 6.45) is 37.9. The molecule has 0 aliphatic heterocycles. The molecule has 8 aromatic rings. The van der Waals surface area contributed by atoms with Crippen LogP contribution in [-0.4, -0.2) is 0 Å². The molecule has 84 heavy (non-hydrogen) atoms. The van der Waals surface area contributed by atoms with Gasteiger partial charge in [-0.1, -0.05) is 257 Å². The average Bonchev–Trinajstić information content (AvgIpc) is 3.74. The maximum absolute atomic E-state index is 2.49. The van der Waals surface area contributed by atoms with Gasteiger partial charge in [-0.05, 0) is 204 Å². The summed E-state index contributed by atoms with van der Waals surface area (Å²) in [4.78, 5) is 4.97. The van der Waals surface area contributed by atoms with Gasteiger partial charge >= 0.3 is 0 Å². The van der Waals surface area contributed by atoms with E-state index >= 15 is 0 Å². The third-order valence-corrected chi connectivity index (χ3v) is 20.0. The SMILES string of the molecule is CCCCCCCCc1ccc(-c2ccc(N(c3ccc(C4CCCCC4)cc3)c3ccc(C4(c5ccc(N(c6ccc(-c7ccc(CCCCCCCC)cc7)cc6)c6ccc(C7CCCCC7)cc6)cc5)CCCCC4)cc3)cc2)cc1. The fourth-order valence-corrected chi connectivity index (χ4v) is 14.9. The quantitative estimate of drug-likeness (QED) is 0.0499. The highest BCUT2D eigenvalue weighted by atomic mass is 15.1. The Balaban J connectivity index is 0.855. The topological polar surface area (TPSA) is 6.48 Å². The zero-order valence-corrected chi connectivity index (χ0v) is 51.5. The second kappa shape index (κ2) is 29.9. The largest absolute Gasteiger partial charge is 0.311 e. The number of hydrogen-bond acceptors (Lipinski definition) is 2. The lowest BCUT2D eigenvalue weighted by Crippen LogP contribution is -2.30.